The summed E-state index contributed by atoms with van der Waals surface area (Å²) in [5.41, 5.74) is 2.72. The van der Waals surface area contributed by atoms with E-state index < -0.39 is 0 Å². The van der Waals surface area contributed by atoms with Crippen LogP contribution in [0.15, 0.2) is 24.5 Å². The molecule has 1 unspecified atom stereocenters. The van der Waals surface area contributed by atoms with E-state index >= 15 is 0 Å². The lowest BCUT2D eigenvalue weighted by Gasteiger charge is -2.17. The third kappa shape index (κ3) is 2.58. The van der Waals surface area contributed by atoms with Gasteiger partial charge in [0, 0.05) is 16.0 Å². The number of thiophene rings is 1. The Bertz CT molecular complexity index is 572. The average Bonchev–Trinajstić information content (AvgIpc) is 3.06. The Hall–Kier alpha value is -1.39. The van der Waals surface area contributed by atoms with Gasteiger partial charge in [0.1, 0.15) is 5.75 Å². The van der Waals surface area contributed by atoms with Crippen molar-refractivity contribution in [3.63, 3.8) is 0 Å². The smallest absolute Gasteiger partial charge is 0.137 e. The van der Waals surface area contributed by atoms with Gasteiger partial charge in [-0.25, -0.2) is 0 Å². The zero-order valence-electron chi connectivity index (χ0n) is 12.0. The Kier molecular flexibility index (Phi) is 4.03. The van der Waals surface area contributed by atoms with E-state index in [-0.39, 0.29) is 6.04 Å². The zero-order chi connectivity index (χ0) is 13.9. The van der Waals surface area contributed by atoms with Crippen LogP contribution in [-0.4, -0.2) is 18.6 Å². The summed E-state index contributed by atoms with van der Waals surface area (Å²) in [5, 5.41) is 3.57. The van der Waals surface area contributed by atoms with Crippen LogP contribution in [0.1, 0.15) is 40.3 Å². The predicted octanol–water partition coefficient (Wildman–Crippen LogP) is 3.34. The Labute approximate surface area is 124 Å². The molecule has 0 fully saturated rings. The monoisotopic (exact) mass is 288 g/mol. The topological polar surface area (TPSA) is 34.2 Å². The number of pyridine rings is 1. The van der Waals surface area contributed by atoms with Gasteiger partial charge < -0.3 is 10.1 Å². The van der Waals surface area contributed by atoms with Gasteiger partial charge in [-0.2, -0.15) is 0 Å². The summed E-state index contributed by atoms with van der Waals surface area (Å²) in [5.74, 6) is 0.814. The highest BCUT2D eigenvalue weighted by Gasteiger charge is 2.21. The largest absolute Gasteiger partial charge is 0.495 e. The van der Waals surface area contributed by atoms with Gasteiger partial charge in [-0.3, -0.25) is 4.98 Å². The maximum atomic E-state index is 5.29. The molecule has 0 aromatic carbocycles. The van der Waals surface area contributed by atoms with Gasteiger partial charge in [0.25, 0.3) is 0 Å². The van der Waals surface area contributed by atoms with Crippen LogP contribution in [0.2, 0.25) is 0 Å². The molecule has 4 heteroatoms. The fraction of sp³-hybridized carbons (Fsp3) is 0.438. The number of hydrogen-bond acceptors (Lipinski definition) is 4. The van der Waals surface area contributed by atoms with E-state index in [4.69, 9.17) is 4.74 Å². The highest BCUT2D eigenvalue weighted by molar-refractivity contribution is 7.12. The Balaban J connectivity index is 1.94. The van der Waals surface area contributed by atoms with Crippen molar-refractivity contribution in [2.45, 2.75) is 32.2 Å². The molecule has 3 nitrogen and oxygen atoms in total. The van der Waals surface area contributed by atoms with Crippen LogP contribution in [-0.2, 0) is 12.8 Å². The average molecular weight is 288 g/mol. The third-order valence-electron chi connectivity index (χ3n) is 3.76. The van der Waals surface area contributed by atoms with Gasteiger partial charge in [-0.05, 0) is 49.1 Å². The lowest BCUT2D eigenvalue weighted by molar-refractivity contribution is 0.411. The predicted molar refractivity (Wildman–Crippen MR) is 82.7 cm³/mol. The zero-order valence-corrected chi connectivity index (χ0v) is 12.8. The molecule has 0 saturated heterocycles. The van der Waals surface area contributed by atoms with Crippen molar-refractivity contribution in [2.24, 2.45) is 0 Å². The molecule has 20 heavy (non-hydrogen) atoms. The first-order valence-corrected chi connectivity index (χ1v) is 7.97. The number of fused-ring (bicyclic) bond motifs is 1. The van der Waals surface area contributed by atoms with Crippen LogP contribution >= 0.6 is 11.3 Å². The van der Waals surface area contributed by atoms with E-state index in [0.717, 1.165) is 12.3 Å². The van der Waals surface area contributed by atoms with Gasteiger partial charge in [0.05, 0.1) is 19.3 Å². The first-order chi connectivity index (χ1) is 9.81. The maximum Gasteiger partial charge on any atom is 0.137 e. The molecule has 2 aromatic heterocycles. The molecule has 0 radical (unpaired) electrons. The van der Waals surface area contributed by atoms with Crippen LogP contribution < -0.4 is 10.1 Å². The van der Waals surface area contributed by atoms with E-state index in [9.17, 15) is 0 Å². The number of nitrogens with zero attached hydrogens (tertiary/aromatic N) is 1. The standard InChI is InChI=1S/C16H20N2OS/c1-3-18-16(12-7-13(19-2)10-17-9-12)15-8-11-5-4-6-14(11)20-15/h7-10,16,18H,3-6H2,1-2H3. The van der Waals surface area contributed by atoms with Crippen molar-refractivity contribution in [2.75, 3.05) is 13.7 Å². The molecule has 1 aliphatic carbocycles. The molecular weight excluding hydrogens is 268 g/mol. The van der Waals surface area contributed by atoms with Crippen molar-refractivity contribution >= 4 is 11.3 Å². The minimum Gasteiger partial charge on any atom is -0.495 e. The lowest BCUT2D eigenvalue weighted by Crippen LogP contribution is -2.21. The molecule has 2 aromatic rings. The second kappa shape index (κ2) is 5.94. The summed E-state index contributed by atoms with van der Waals surface area (Å²) in [6.07, 6.45) is 7.48. The molecule has 1 atom stereocenters. The second-order valence-electron chi connectivity index (χ2n) is 5.10. The molecular formula is C16H20N2OS. The fourth-order valence-electron chi connectivity index (χ4n) is 2.79. The highest BCUT2D eigenvalue weighted by Crippen LogP contribution is 2.36. The third-order valence-corrected chi connectivity index (χ3v) is 5.06. The number of aromatic nitrogens is 1. The first kappa shape index (κ1) is 13.6. The van der Waals surface area contributed by atoms with E-state index in [1.54, 1.807) is 23.7 Å². The van der Waals surface area contributed by atoms with Gasteiger partial charge >= 0.3 is 0 Å². The number of methoxy groups -OCH3 is 1. The lowest BCUT2D eigenvalue weighted by atomic mass is 10.1. The molecule has 0 saturated carbocycles. The molecule has 3 rings (SSSR count). The molecule has 106 valence electrons. The summed E-state index contributed by atoms with van der Waals surface area (Å²) >= 11 is 1.95. The normalized spacial score (nSPS) is 15.1. The van der Waals surface area contributed by atoms with Gasteiger partial charge in [0.2, 0.25) is 0 Å². The summed E-state index contributed by atoms with van der Waals surface area (Å²) in [6, 6.07) is 4.67. The van der Waals surface area contributed by atoms with Crippen molar-refractivity contribution < 1.29 is 4.74 Å². The number of rotatable bonds is 5. The first-order valence-electron chi connectivity index (χ1n) is 7.15. The SMILES string of the molecule is CCNC(c1cncc(OC)c1)c1cc2c(s1)CCC2. The minimum absolute atomic E-state index is 0.221. The van der Waals surface area contributed by atoms with Crippen molar-refractivity contribution in [3.05, 3.63) is 45.4 Å². The van der Waals surface area contributed by atoms with Crippen molar-refractivity contribution in [1.82, 2.24) is 10.3 Å². The second-order valence-corrected chi connectivity index (χ2v) is 6.27. The fourth-order valence-corrected chi connectivity index (χ4v) is 4.15. The van der Waals surface area contributed by atoms with Crippen molar-refractivity contribution in [1.29, 1.82) is 0 Å². The molecule has 1 N–H and O–H groups in total. The summed E-state index contributed by atoms with van der Waals surface area (Å²) in [7, 11) is 1.68. The van der Waals surface area contributed by atoms with Crippen molar-refractivity contribution in [3.8, 4) is 5.75 Å². The van der Waals surface area contributed by atoms with E-state index in [0.29, 0.717) is 0 Å². The van der Waals surface area contributed by atoms with Crippen LogP contribution in [0.25, 0.3) is 0 Å². The van der Waals surface area contributed by atoms with Crippen LogP contribution in [0.5, 0.6) is 5.75 Å². The number of aryl methyl sites for hydroxylation is 2. The maximum absolute atomic E-state index is 5.29. The molecule has 0 aliphatic heterocycles. The van der Waals surface area contributed by atoms with Gasteiger partial charge in [0.15, 0.2) is 0 Å². The molecule has 0 spiro atoms. The number of nitrogens with one attached hydrogen (secondary N) is 1. The minimum atomic E-state index is 0.221. The molecule has 0 bridgehead atoms. The van der Waals surface area contributed by atoms with E-state index in [1.807, 2.05) is 17.5 Å². The van der Waals surface area contributed by atoms with Crippen LogP contribution in [0.4, 0.5) is 0 Å². The number of ether oxygens (including phenoxy) is 1. The van der Waals surface area contributed by atoms with E-state index in [1.165, 1.54) is 29.7 Å². The van der Waals surface area contributed by atoms with Gasteiger partial charge in [-0.15, -0.1) is 11.3 Å². The Morgan fingerprint density at radius 2 is 2.25 bits per heavy atom. The van der Waals surface area contributed by atoms with Crippen LogP contribution in [0, 0.1) is 0 Å². The molecule has 1 aliphatic rings. The molecule has 0 amide bonds. The quantitative estimate of drug-likeness (QED) is 0.916. The van der Waals surface area contributed by atoms with Gasteiger partial charge in [-0.1, -0.05) is 6.92 Å². The van der Waals surface area contributed by atoms with Crippen LogP contribution in [0.3, 0.4) is 0 Å². The number of hydrogen-bond donors (Lipinski definition) is 1. The highest BCUT2D eigenvalue weighted by atomic mass is 32.1. The molecule has 2 heterocycles. The summed E-state index contributed by atoms with van der Waals surface area (Å²) in [6.45, 7) is 3.08. The Morgan fingerprint density at radius 1 is 1.35 bits per heavy atom. The summed E-state index contributed by atoms with van der Waals surface area (Å²) in [4.78, 5) is 7.25. The van der Waals surface area contributed by atoms with E-state index in [2.05, 4.69) is 29.4 Å². The summed E-state index contributed by atoms with van der Waals surface area (Å²) < 4.78 is 5.29. The Morgan fingerprint density at radius 3 is 3.00 bits per heavy atom.